The first-order chi connectivity index (χ1) is 18.8. The highest BCUT2D eigenvalue weighted by atomic mass is 32.2. The smallest absolute Gasteiger partial charge is 0.269 e. The molecular formula is C26H21FN6O5S. The number of carbonyl (C=O) groups excluding carboxylic acids is 1. The van der Waals surface area contributed by atoms with Crippen molar-refractivity contribution in [3.8, 4) is 22.9 Å². The van der Waals surface area contributed by atoms with Crippen molar-refractivity contribution in [1.29, 1.82) is 0 Å². The second-order valence-corrected chi connectivity index (χ2v) is 9.34. The number of thioether (sulfide) groups is 1. The first-order valence-electron chi connectivity index (χ1n) is 11.5. The van der Waals surface area contributed by atoms with Gasteiger partial charge in [-0.05, 0) is 42.8 Å². The van der Waals surface area contributed by atoms with Crippen LogP contribution in [0.25, 0.3) is 27.9 Å². The summed E-state index contributed by atoms with van der Waals surface area (Å²) in [7, 11) is 3.03. The molecule has 1 amide bonds. The molecule has 2 aromatic heterocycles. The number of halogens is 1. The van der Waals surface area contributed by atoms with Gasteiger partial charge in [-0.3, -0.25) is 14.9 Å². The fourth-order valence-electron chi connectivity index (χ4n) is 3.86. The van der Waals surface area contributed by atoms with Crippen LogP contribution in [0.15, 0.2) is 59.8 Å². The number of nitro groups is 1. The molecule has 13 heteroatoms. The van der Waals surface area contributed by atoms with Crippen LogP contribution in [0.4, 0.5) is 15.8 Å². The van der Waals surface area contributed by atoms with Crippen molar-refractivity contribution in [1.82, 2.24) is 19.6 Å². The van der Waals surface area contributed by atoms with E-state index in [1.54, 1.807) is 43.3 Å². The number of ether oxygens (including phenoxy) is 2. The summed E-state index contributed by atoms with van der Waals surface area (Å²) in [6, 6.07) is 13.8. The maximum atomic E-state index is 13.9. The molecule has 3 aromatic carbocycles. The molecule has 0 atom stereocenters. The summed E-state index contributed by atoms with van der Waals surface area (Å²) in [6.07, 6.45) is 0. The maximum Gasteiger partial charge on any atom is 0.269 e. The fourth-order valence-corrected chi connectivity index (χ4v) is 4.60. The Morgan fingerprint density at radius 3 is 2.46 bits per heavy atom. The van der Waals surface area contributed by atoms with Crippen LogP contribution in [0.3, 0.4) is 0 Å². The number of nitro benzene ring substituents is 1. The first-order valence-corrected chi connectivity index (χ1v) is 12.5. The van der Waals surface area contributed by atoms with Crippen LogP contribution in [0.1, 0.15) is 5.56 Å². The number of hydrogen-bond donors (Lipinski definition) is 1. The van der Waals surface area contributed by atoms with E-state index >= 15 is 0 Å². The lowest BCUT2D eigenvalue weighted by molar-refractivity contribution is -0.384. The maximum absolute atomic E-state index is 13.9. The SMILES string of the molecule is COc1cc2nc(SCC(=O)Nc3ccc(C)c(F)c3)n3nc(-c4ccc([N+](=O)[O-])cc4)nc3c2cc1OC. The molecule has 0 spiro atoms. The minimum Gasteiger partial charge on any atom is -0.493 e. The number of non-ortho nitro benzene ring substituents is 1. The van der Waals surface area contributed by atoms with Crippen molar-refractivity contribution in [2.45, 2.75) is 12.1 Å². The Hall–Kier alpha value is -4.78. The Morgan fingerprint density at radius 2 is 1.79 bits per heavy atom. The van der Waals surface area contributed by atoms with E-state index < -0.39 is 10.7 Å². The van der Waals surface area contributed by atoms with Crippen LogP contribution < -0.4 is 14.8 Å². The van der Waals surface area contributed by atoms with E-state index in [-0.39, 0.29) is 17.3 Å². The van der Waals surface area contributed by atoms with E-state index in [0.29, 0.717) is 55.8 Å². The Labute approximate surface area is 225 Å². The van der Waals surface area contributed by atoms with E-state index in [1.807, 2.05) is 0 Å². The summed E-state index contributed by atoms with van der Waals surface area (Å²) < 4.78 is 26.3. The number of rotatable bonds is 8. The third kappa shape index (κ3) is 5.16. The summed E-state index contributed by atoms with van der Waals surface area (Å²) in [6.45, 7) is 1.64. The average Bonchev–Trinajstić information content (AvgIpc) is 3.39. The summed E-state index contributed by atoms with van der Waals surface area (Å²) in [5.41, 5.74) is 2.31. The highest BCUT2D eigenvalue weighted by Gasteiger charge is 2.19. The van der Waals surface area contributed by atoms with Gasteiger partial charge in [-0.15, -0.1) is 5.10 Å². The molecule has 5 aromatic rings. The summed E-state index contributed by atoms with van der Waals surface area (Å²) >= 11 is 1.12. The number of benzene rings is 3. The molecule has 0 aliphatic rings. The quantitative estimate of drug-likeness (QED) is 0.122. The first kappa shape index (κ1) is 25.9. The molecule has 2 heterocycles. The van der Waals surface area contributed by atoms with Gasteiger partial charge in [0.05, 0.1) is 30.4 Å². The van der Waals surface area contributed by atoms with E-state index in [1.165, 1.54) is 36.9 Å². The van der Waals surface area contributed by atoms with Gasteiger partial charge in [0, 0.05) is 34.8 Å². The van der Waals surface area contributed by atoms with Crippen molar-refractivity contribution in [3.63, 3.8) is 0 Å². The Kier molecular flexibility index (Phi) is 6.98. The molecule has 0 bridgehead atoms. The number of fused-ring (bicyclic) bond motifs is 3. The van der Waals surface area contributed by atoms with Gasteiger partial charge in [0.15, 0.2) is 28.1 Å². The molecule has 5 rings (SSSR count). The number of nitrogens with one attached hydrogen (secondary N) is 1. The number of amides is 1. The van der Waals surface area contributed by atoms with Gasteiger partial charge in [0.1, 0.15) is 5.82 Å². The number of aromatic nitrogens is 4. The third-order valence-electron chi connectivity index (χ3n) is 5.87. The Bertz CT molecular complexity index is 1740. The summed E-state index contributed by atoms with van der Waals surface area (Å²) in [5.74, 6) is 0.440. The van der Waals surface area contributed by atoms with Crippen molar-refractivity contribution in [3.05, 3.63) is 76.1 Å². The molecule has 0 unspecified atom stereocenters. The van der Waals surface area contributed by atoms with Crippen LogP contribution in [0, 0.1) is 22.9 Å². The molecule has 0 aliphatic heterocycles. The lowest BCUT2D eigenvalue weighted by Gasteiger charge is -2.11. The van der Waals surface area contributed by atoms with Crippen molar-refractivity contribution in [2.24, 2.45) is 0 Å². The molecule has 1 N–H and O–H groups in total. The van der Waals surface area contributed by atoms with Gasteiger partial charge >= 0.3 is 0 Å². The molecule has 0 saturated carbocycles. The van der Waals surface area contributed by atoms with E-state index in [4.69, 9.17) is 14.5 Å². The third-order valence-corrected chi connectivity index (χ3v) is 6.80. The van der Waals surface area contributed by atoms with E-state index in [2.05, 4.69) is 15.4 Å². The van der Waals surface area contributed by atoms with Crippen molar-refractivity contribution >= 4 is 45.6 Å². The zero-order chi connectivity index (χ0) is 27.7. The highest BCUT2D eigenvalue weighted by molar-refractivity contribution is 7.99. The van der Waals surface area contributed by atoms with Gasteiger partial charge in [0.2, 0.25) is 5.91 Å². The van der Waals surface area contributed by atoms with Crippen LogP contribution in [-0.4, -0.2) is 50.4 Å². The zero-order valence-corrected chi connectivity index (χ0v) is 21.8. The van der Waals surface area contributed by atoms with Crippen LogP contribution >= 0.6 is 11.8 Å². The van der Waals surface area contributed by atoms with Gasteiger partial charge in [-0.1, -0.05) is 17.8 Å². The fraction of sp³-hybridized carbons (Fsp3) is 0.154. The monoisotopic (exact) mass is 548 g/mol. The highest BCUT2D eigenvalue weighted by Crippen LogP contribution is 2.35. The number of aryl methyl sites for hydroxylation is 1. The molecule has 0 radical (unpaired) electrons. The lowest BCUT2D eigenvalue weighted by Crippen LogP contribution is -2.15. The van der Waals surface area contributed by atoms with Gasteiger partial charge in [-0.2, -0.15) is 4.52 Å². The lowest BCUT2D eigenvalue weighted by atomic mass is 10.2. The van der Waals surface area contributed by atoms with Crippen molar-refractivity contribution < 1.29 is 23.6 Å². The van der Waals surface area contributed by atoms with Crippen LogP contribution in [-0.2, 0) is 4.79 Å². The standard InChI is InChI=1S/C26H21FN6O5S/c1-14-4-7-16(10-19(14)27)28-23(34)13-39-26-29-20-12-22(38-3)21(37-2)11-18(20)25-30-24(31-32(25)26)15-5-8-17(9-6-15)33(35)36/h4-12H,13H2,1-3H3,(H,28,34). The van der Waals surface area contributed by atoms with Gasteiger partial charge in [0.25, 0.3) is 5.69 Å². The normalized spacial score (nSPS) is 11.1. The second kappa shape index (κ2) is 10.5. The van der Waals surface area contributed by atoms with Crippen molar-refractivity contribution in [2.75, 3.05) is 25.3 Å². The molecule has 11 nitrogen and oxygen atoms in total. The topological polar surface area (TPSA) is 134 Å². The molecule has 198 valence electrons. The predicted molar refractivity (Wildman–Crippen MR) is 144 cm³/mol. The number of anilines is 1. The second-order valence-electron chi connectivity index (χ2n) is 8.39. The zero-order valence-electron chi connectivity index (χ0n) is 21.0. The molecule has 39 heavy (non-hydrogen) atoms. The largest absolute Gasteiger partial charge is 0.493 e. The average molecular weight is 549 g/mol. The van der Waals surface area contributed by atoms with Crippen LogP contribution in [0.2, 0.25) is 0 Å². The van der Waals surface area contributed by atoms with Gasteiger partial charge < -0.3 is 14.8 Å². The predicted octanol–water partition coefficient (Wildman–Crippen LogP) is 5.05. The molecule has 0 fully saturated rings. The van der Waals surface area contributed by atoms with E-state index in [0.717, 1.165) is 11.8 Å². The number of hydrogen-bond acceptors (Lipinski definition) is 9. The molecular weight excluding hydrogens is 527 g/mol. The van der Waals surface area contributed by atoms with E-state index in [9.17, 15) is 19.3 Å². The Balaban J connectivity index is 1.54. The summed E-state index contributed by atoms with van der Waals surface area (Å²) in [4.78, 5) is 32.6. The van der Waals surface area contributed by atoms with Crippen LogP contribution in [0.5, 0.6) is 11.5 Å². The number of methoxy groups -OCH3 is 2. The molecule has 0 aliphatic carbocycles. The molecule has 0 saturated heterocycles. The van der Waals surface area contributed by atoms with Gasteiger partial charge in [-0.25, -0.2) is 14.4 Å². The number of carbonyl (C=O) groups is 1. The Morgan fingerprint density at radius 1 is 1.08 bits per heavy atom. The minimum absolute atomic E-state index is 0.0386. The number of nitrogens with zero attached hydrogens (tertiary/aromatic N) is 5. The summed E-state index contributed by atoms with van der Waals surface area (Å²) in [5, 5.41) is 19.3. The minimum atomic E-state index is -0.483.